The molecule has 0 bridgehead atoms. The Morgan fingerprint density at radius 2 is 0.545 bits per heavy atom. The van der Waals surface area contributed by atoms with Gasteiger partial charge in [0.2, 0.25) is 0 Å². The lowest BCUT2D eigenvalue weighted by Gasteiger charge is -2.18. The standard InChI is InChI=1S/C14H6Cl8/c1-3-7(15)11(19)5(12(20)8(3)16)6-13(21)9(17)4(2)10(18)14(6)22/h1-2H3. The summed E-state index contributed by atoms with van der Waals surface area (Å²) in [6.07, 6.45) is 0. The van der Waals surface area contributed by atoms with Gasteiger partial charge >= 0.3 is 0 Å². The van der Waals surface area contributed by atoms with Crippen LogP contribution < -0.4 is 0 Å². The van der Waals surface area contributed by atoms with Gasteiger partial charge in [-0.25, -0.2) is 0 Å². The summed E-state index contributed by atoms with van der Waals surface area (Å²) in [6, 6.07) is 0. The van der Waals surface area contributed by atoms with Crippen LogP contribution in [-0.4, -0.2) is 0 Å². The molecule has 0 unspecified atom stereocenters. The molecule has 22 heavy (non-hydrogen) atoms. The summed E-state index contributed by atoms with van der Waals surface area (Å²) >= 11 is 50.1. The van der Waals surface area contributed by atoms with Gasteiger partial charge in [-0.2, -0.15) is 0 Å². The largest absolute Gasteiger partial charge is 0.0823 e. The fourth-order valence-corrected chi connectivity index (χ4v) is 4.19. The van der Waals surface area contributed by atoms with Crippen LogP contribution in [0.1, 0.15) is 11.1 Å². The van der Waals surface area contributed by atoms with Gasteiger partial charge in [-0.3, -0.25) is 0 Å². The molecule has 0 saturated heterocycles. The summed E-state index contributed by atoms with van der Waals surface area (Å²) in [5, 5.41) is 1.72. The van der Waals surface area contributed by atoms with Crippen molar-refractivity contribution < 1.29 is 0 Å². The number of halogens is 8. The quantitative estimate of drug-likeness (QED) is 0.374. The van der Waals surface area contributed by atoms with Gasteiger partial charge in [0, 0.05) is 11.1 Å². The smallest absolute Gasteiger partial charge is 0.0690 e. The maximum atomic E-state index is 6.32. The Morgan fingerprint density at radius 3 is 0.727 bits per heavy atom. The van der Waals surface area contributed by atoms with Crippen molar-refractivity contribution in [3.63, 3.8) is 0 Å². The second kappa shape index (κ2) is 6.94. The van der Waals surface area contributed by atoms with Crippen molar-refractivity contribution in [1.82, 2.24) is 0 Å². The first-order valence-corrected chi connectivity index (χ1v) is 8.79. The van der Waals surface area contributed by atoms with Gasteiger partial charge in [0.15, 0.2) is 0 Å². The second-order valence-electron chi connectivity index (χ2n) is 4.51. The van der Waals surface area contributed by atoms with E-state index in [1.165, 1.54) is 0 Å². The molecule has 0 saturated carbocycles. The van der Waals surface area contributed by atoms with E-state index in [0.29, 0.717) is 22.3 Å². The van der Waals surface area contributed by atoms with Gasteiger partial charge in [0.1, 0.15) is 0 Å². The van der Waals surface area contributed by atoms with Crippen LogP contribution in [0.25, 0.3) is 11.1 Å². The third-order valence-electron chi connectivity index (χ3n) is 3.22. The van der Waals surface area contributed by atoms with Crippen LogP contribution in [0, 0.1) is 13.8 Å². The minimum absolute atomic E-state index is 0.174. The molecule has 2 aromatic carbocycles. The summed E-state index contributed by atoms with van der Waals surface area (Å²) in [4.78, 5) is 0. The van der Waals surface area contributed by atoms with Crippen LogP contribution in [-0.2, 0) is 0 Å². The van der Waals surface area contributed by atoms with Gasteiger partial charge < -0.3 is 0 Å². The van der Waals surface area contributed by atoms with Crippen molar-refractivity contribution in [3.05, 3.63) is 51.3 Å². The highest BCUT2D eigenvalue weighted by molar-refractivity contribution is 6.54. The van der Waals surface area contributed by atoms with Crippen LogP contribution in [0.3, 0.4) is 0 Å². The lowest BCUT2D eigenvalue weighted by molar-refractivity contribution is 1.44. The van der Waals surface area contributed by atoms with Crippen LogP contribution in [0.5, 0.6) is 0 Å². The molecule has 0 nitrogen and oxygen atoms in total. The van der Waals surface area contributed by atoms with Crippen LogP contribution in [0.15, 0.2) is 0 Å². The summed E-state index contributed by atoms with van der Waals surface area (Å²) in [7, 11) is 0. The average Bonchev–Trinajstić information content (AvgIpc) is 2.50. The molecule has 0 atom stereocenters. The molecule has 8 heteroatoms. The van der Waals surface area contributed by atoms with Crippen molar-refractivity contribution in [2.24, 2.45) is 0 Å². The highest BCUT2D eigenvalue weighted by atomic mass is 35.5. The third kappa shape index (κ3) is 2.91. The molecule has 118 valence electrons. The number of rotatable bonds is 1. The van der Waals surface area contributed by atoms with E-state index in [0.717, 1.165) is 0 Å². The van der Waals surface area contributed by atoms with Gasteiger partial charge in [-0.15, -0.1) is 0 Å². The topological polar surface area (TPSA) is 0 Å². The molecule has 2 aromatic rings. The van der Waals surface area contributed by atoms with Gasteiger partial charge in [0.25, 0.3) is 0 Å². The zero-order valence-electron chi connectivity index (χ0n) is 11.0. The molecular weight excluding hydrogens is 452 g/mol. The van der Waals surface area contributed by atoms with Gasteiger partial charge in [-0.1, -0.05) is 92.8 Å². The molecule has 0 spiro atoms. The van der Waals surface area contributed by atoms with Crippen molar-refractivity contribution >= 4 is 92.8 Å². The van der Waals surface area contributed by atoms with E-state index in [-0.39, 0.29) is 40.2 Å². The maximum Gasteiger partial charge on any atom is 0.0690 e. The van der Waals surface area contributed by atoms with Crippen LogP contribution in [0.4, 0.5) is 0 Å². The third-order valence-corrected chi connectivity index (χ3v) is 7.00. The van der Waals surface area contributed by atoms with Crippen LogP contribution >= 0.6 is 92.8 Å². The molecule has 0 N–H and O–H groups in total. The normalized spacial score (nSPS) is 11.2. The maximum absolute atomic E-state index is 6.32. The van der Waals surface area contributed by atoms with Crippen LogP contribution in [0.2, 0.25) is 40.2 Å². The fraction of sp³-hybridized carbons (Fsp3) is 0.143. The van der Waals surface area contributed by atoms with E-state index in [4.69, 9.17) is 92.8 Å². The SMILES string of the molecule is Cc1c(Cl)c(Cl)c(-c2c(Cl)c(Cl)c(C)c(Cl)c2Cl)c(Cl)c1Cl. The summed E-state index contributed by atoms with van der Waals surface area (Å²) in [6.45, 7) is 3.40. The van der Waals surface area contributed by atoms with Gasteiger partial charge in [-0.05, 0) is 25.0 Å². The minimum Gasteiger partial charge on any atom is -0.0823 e. The first kappa shape index (κ1) is 19.1. The van der Waals surface area contributed by atoms with E-state index in [1.807, 2.05) is 0 Å². The number of hydrogen-bond acceptors (Lipinski definition) is 0. The summed E-state index contributed by atoms with van der Waals surface area (Å²) < 4.78 is 0. The van der Waals surface area contributed by atoms with Crippen molar-refractivity contribution in [2.45, 2.75) is 13.8 Å². The molecule has 0 heterocycles. The van der Waals surface area contributed by atoms with Crippen molar-refractivity contribution in [3.8, 4) is 11.1 Å². The average molecular weight is 458 g/mol. The van der Waals surface area contributed by atoms with E-state index >= 15 is 0 Å². The van der Waals surface area contributed by atoms with E-state index in [1.54, 1.807) is 13.8 Å². The van der Waals surface area contributed by atoms with Gasteiger partial charge in [0.05, 0.1) is 40.2 Å². The van der Waals surface area contributed by atoms with E-state index < -0.39 is 0 Å². The molecule has 0 aliphatic rings. The predicted molar refractivity (Wildman–Crippen MR) is 101 cm³/mol. The zero-order chi connectivity index (χ0) is 16.9. The molecule has 0 radical (unpaired) electrons. The lowest BCUT2D eigenvalue weighted by Crippen LogP contribution is -1.94. The number of benzene rings is 2. The minimum atomic E-state index is 0.174. The molecule has 0 fully saturated rings. The fourth-order valence-electron chi connectivity index (χ4n) is 1.92. The van der Waals surface area contributed by atoms with E-state index in [2.05, 4.69) is 0 Å². The molecule has 0 amide bonds. The highest BCUT2D eigenvalue weighted by Gasteiger charge is 2.26. The summed E-state index contributed by atoms with van der Waals surface area (Å²) in [5.41, 5.74) is 1.70. The van der Waals surface area contributed by atoms with Crippen molar-refractivity contribution in [2.75, 3.05) is 0 Å². The monoisotopic (exact) mass is 454 g/mol. The Bertz CT molecular complexity index is 669. The Hall–Kier alpha value is 0.760. The Kier molecular flexibility index (Phi) is 6.02. The number of hydrogen-bond donors (Lipinski definition) is 0. The Balaban J connectivity index is 3.03. The molecule has 2 rings (SSSR count). The molecule has 0 aromatic heterocycles. The lowest BCUT2D eigenvalue weighted by atomic mass is 10.0. The van der Waals surface area contributed by atoms with Crippen molar-refractivity contribution in [1.29, 1.82) is 0 Å². The predicted octanol–water partition coefficient (Wildman–Crippen LogP) is 9.20. The first-order chi connectivity index (χ1) is 10.1. The molecule has 0 aliphatic carbocycles. The van der Waals surface area contributed by atoms with E-state index in [9.17, 15) is 0 Å². The molecule has 0 aliphatic heterocycles. The Morgan fingerprint density at radius 1 is 0.364 bits per heavy atom. The Labute approximate surface area is 168 Å². The molecular formula is C14H6Cl8. The zero-order valence-corrected chi connectivity index (χ0v) is 17.1. The second-order valence-corrected chi connectivity index (χ2v) is 7.54. The first-order valence-electron chi connectivity index (χ1n) is 5.76. The highest BCUT2D eigenvalue weighted by Crippen LogP contribution is 2.53. The summed E-state index contributed by atoms with van der Waals surface area (Å²) in [5.74, 6) is 0.